The summed E-state index contributed by atoms with van der Waals surface area (Å²) >= 11 is 0. The SMILES string of the molecule is CCN=CC(=N)C1CCCCCCC1. The average molecular weight is 194 g/mol. The van der Waals surface area contributed by atoms with Crippen LogP contribution in [0.2, 0.25) is 0 Å². The Labute approximate surface area is 87.3 Å². The molecular formula is C12H22N2. The van der Waals surface area contributed by atoms with Crippen molar-refractivity contribution in [3.05, 3.63) is 0 Å². The van der Waals surface area contributed by atoms with Crippen LogP contribution in [-0.4, -0.2) is 18.5 Å². The van der Waals surface area contributed by atoms with Gasteiger partial charge in [0.2, 0.25) is 0 Å². The summed E-state index contributed by atoms with van der Waals surface area (Å²) in [7, 11) is 0. The highest BCUT2D eigenvalue weighted by atomic mass is 14.7. The normalized spacial score (nSPS) is 20.6. The molecule has 0 atom stereocenters. The summed E-state index contributed by atoms with van der Waals surface area (Å²) in [5.74, 6) is 0.491. The van der Waals surface area contributed by atoms with Crippen molar-refractivity contribution in [3.63, 3.8) is 0 Å². The van der Waals surface area contributed by atoms with E-state index in [1.807, 2.05) is 6.92 Å². The Hall–Kier alpha value is -0.660. The summed E-state index contributed by atoms with van der Waals surface area (Å²) in [5.41, 5.74) is 0.758. The Morgan fingerprint density at radius 3 is 2.36 bits per heavy atom. The summed E-state index contributed by atoms with van der Waals surface area (Å²) in [6.45, 7) is 2.82. The lowest BCUT2D eigenvalue weighted by Gasteiger charge is -2.18. The first kappa shape index (κ1) is 11.4. The molecule has 0 saturated heterocycles. The molecule has 0 aliphatic heterocycles. The molecule has 14 heavy (non-hydrogen) atoms. The molecule has 1 aliphatic rings. The molecule has 1 N–H and O–H groups in total. The third kappa shape index (κ3) is 4.03. The predicted octanol–water partition coefficient (Wildman–Crippen LogP) is 3.46. The Morgan fingerprint density at radius 1 is 1.21 bits per heavy atom. The lowest BCUT2D eigenvalue weighted by Crippen LogP contribution is -2.16. The molecule has 0 radical (unpaired) electrons. The van der Waals surface area contributed by atoms with E-state index in [1.54, 1.807) is 6.21 Å². The second-order valence-corrected chi connectivity index (χ2v) is 4.13. The zero-order valence-electron chi connectivity index (χ0n) is 9.26. The van der Waals surface area contributed by atoms with Crippen molar-refractivity contribution in [1.82, 2.24) is 0 Å². The molecule has 2 nitrogen and oxygen atoms in total. The van der Waals surface area contributed by atoms with Gasteiger partial charge in [0.05, 0.1) is 5.71 Å². The fraction of sp³-hybridized carbons (Fsp3) is 0.833. The van der Waals surface area contributed by atoms with Crippen LogP contribution in [-0.2, 0) is 0 Å². The van der Waals surface area contributed by atoms with Gasteiger partial charge >= 0.3 is 0 Å². The van der Waals surface area contributed by atoms with Gasteiger partial charge in [0.15, 0.2) is 0 Å². The fourth-order valence-electron chi connectivity index (χ4n) is 2.06. The number of hydrogen-bond acceptors (Lipinski definition) is 2. The monoisotopic (exact) mass is 194 g/mol. The van der Waals surface area contributed by atoms with E-state index in [-0.39, 0.29) is 0 Å². The summed E-state index contributed by atoms with van der Waals surface area (Å²) in [5, 5.41) is 7.91. The first-order chi connectivity index (χ1) is 6.84. The number of hydrogen-bond donors (Lipinski definition) is 1. The van der Waals surface area contributed by atoms with Crippen molar-refractivity contribution in [2.75, 3.05) is 6.54 Å². The number of nitrogens with zero attached hydrogens (tertiary/aromatic N) is 1. The maximum atomic E-state index is 7.91. The van der Waals surface area contributed by atoms with Crippen LogP contribution in [0.4, 0.5) is 0 Å². The molecule has 80 valence electrons. The van der Waals surface area contributed by atoms with Crippen LogP contribution in [0.1, 0.15) is 51.9 Å². The Kier molecular flexibility index (Phi) is 5.50. The molecule has 1 aliphatic carbocycles. The van der Waals surface area contributed by atoms with Crippen LogP contribution in [0, 0.1) is 11.3 Å². The number of nitrogens with one attached hydrogen (secondary N) is 1. The first-order valence-electron chi connectivity index (χ1n) is 5.93. The minimum atomic E-state index is 0.491. The average Bonchev–Trinajstić information content (AvgIpc) is 2.13. The molecule has 2 heteroatoms. The smallest absolute Gasteiger partial charge is 0.0522 e. The molecule has 0 heterocycles. The van der Waals surface area contributed by atoms with Crippen LogP contribution < -0.4 is 0 Å². The van der Waals surface area contributed by atoms with Gasteiger partial charge in [-0.15, -0.1) is 0 Å². The Morgan fingerprint density at radius 2 is 1.79 bits per heavy atom. The molecule has 0 spiro atoms. The third-order valence-electron chi connectivity index (χ3n) is 2.96. The maximum absolute atomic E-state index is 7.91. The van der Waals surface area contributed by atoms with Crippen molar-refractivity contribution >= 4 is 11.9 Å². The molecule has 0 bridgehead atoms. The predicted molar refractivity (Wildman–Crippen MR) is 62.6 cm³/mol. The van der Waals surface area contributed by atoms with E-state index in [4.69, 9.17) is 5.41 Å². The Balaban J connectivity index is 2.38. The van der Waals surface area contributed by atoms with Crippen molar-refractivity contribution in [2.45, 2.75) is 51.9 Å². The quantitative estimate of drug-likeness (QED) is 0.668. The van der Waals surface area contributed by atoms with Crippen molar-refractivity contribution in [3.8, 4) is 0 Å². The van der Waals surface area contributed by atoms with Gasteiger partial charge in [0.25, 0.3) is 0 Å². The van der Waals surface area contributed by atoms with E-state index in [1.165, 1.54) is 44.9 Å². The summed E-state index contributed by atoms with van der Waals surface area (Å²) < 4.78 is 0. The molecule has 1 saturated carbocycles. The van der Waals surface area contributed by atoms with Gasteiger partial charge in [-0.25, -0.2) is 0 Å². The van der Waals surface area contributed by atoms with Gasteiger partial charge in [-0.2, -0.15) is 0 Å². The van der Waals surface area contributed by atoms with Gasteiger partial charge in [-0.05, 0) is 19.8 Å². The van der Waals surface area contributed by atoms with Gasteiger partial charge < -0.3 is 5.41 Å². The van der Waals surface area contributed by atoms with E-state index in [9.17, 15) is 0 Å². The second-order valence-electron chi connectivity index (χ2n) is 4.13. The van der Waals surface area contributed by atoms with E-state index in [0.29, 0.717) is 5.92 Å². The lowest BCUT2D eigenvalue weighted by molar-refractivity contribution is 0.453. The van der Waals surface area contributed by atoms with Gasteiger partial charge in [-0.3, -0.25) is 4.99 Å². The largest absolute Gasteiger partial charge is 0.303 e. The molecule has 0 aromatic carbocycles. The minimum absolute atomic E-state index is 0.491. The standard InChI is InChI=1S/C12H22N2/c1-2-14-10-12(13)11-8-6-4-3-5-7-9-11/h10-11,13H,2-9H2,1H3. The highest BCUT2D eigenvalue weighted by Crippen LogP contribution is 2.22. The van der Waals surface area contributed by atoms with E-state index in [2.05, 4.69) is 4.99 Å². The van der Waals surface area contributed by atoms with E-state index < -0.39 is 0 Å². The molecule has 0 amide bonds. The van der Waals surface area contributed by atoms with Crippen LogP contribution in [0.3, 0.4) is 0 Å². The minimum Gasteiger partial charge on any atom is -0.303 e. The zero-order chi connectivity index (χ0) is 10.2. The number of rotatable bonds is 3. The highest BCUT2D eigenvalue weighted by Gasteiger charge is 2.14. The molecule has 1 rings (SSSR count). The lowest BCUT2D eigenvalue weighted by atomic mass is 9.88. The maximum Gasteiger partial charge on any atom is 0.0522 e. The molecule has 0 unspecified atom stereocenters. The third-order valence-corrected chi connectivity index (χ3v) is 2.96. The summed E-state index contributed by atoms with van der Waals surface area (Å²) in [6.07, 6.45) is 10.9. The highest BCUT2D eigenvalue weighted by molar-refractivity contribution is 6.30. The van der Waals surface area contributed by atoms with Crippen LogP contribution in [0.25, 0.3) is 0 Å². The topological polar surface area (TPSA) is 36.2 Å². The van der Waals surface area contributed by atoms with E-state index >= 15 is 0 Å². The molecular weight excluding hydrogens is 172 g/mol. The van der Waals surface area contributed by atoms with Crippen LogP contribution >= 0.6 is 0 Å². The van der Waals surface area contributed by atoms with Crippen molar-refractivity contribution in [2.24, 2.45) is 10.9 Å². The molecule has 0 aromatic rings. The Bertz CT molecular complexity index is 188. The second kappa shape index (κ2) is 6.74. The van der Waals surface area contributed by atoms with Crippen LogP contribution in [0.5, 0.6) is 0 Å². The number of aliphatic imine (C=N–C) groups is 1. The van der Waals surface area contributed by atoms with E-state index in [0.717, 1.165) is 12.3 Å². The van der Waals surface area contributed by atoms with Gasteiger partial charge in [0, 0.05) is 18.7 Å². The molecule has 0 aromatic heterocycles. The van der Waals surface area contributed by atoms with Gasteiger partial charge in [-0.1, -0.05) is 32.1 Å². The van der Waals surface area contributed by atoms with Crippen LogP contribution in [0.15, 0.2) is 4.99 Å². The zero-order valence-corrected chi connectivity index (χ0v) is 9.26. The van der Waals surface area contributed by atoms with Gasteiger partial charge in [0.1, 0.15) is 0 Å². The summed E-state index contributed by atoms with van der Waals surface area (Å²) in [6, 6.07) is 0. The molecule has 1 fully saturated rings. The first-order valence-corrected chi connectivity index (χ1v) is 5.93. The van der Waals surface area contributed by atoms with Crippen molar-refractivity contribution < 1.29 is 0 Å². The fourth-order valence-corrected chi connectivity index (χ4v) is 2.06. The van der Waals surface area contributed by atoms with Crippen molar-refractivity contribution in [1.29, 1.82) is 5.41 Å². The summed E-state index contributed by atoms with van der Waals surface area (Å²) in [4.78, 5) is 4.15.